The molecule has 0 unspecified atom stereocenters. The van der Waals surface area contributed by atoms with Gasteiger partial charge in [-0.05, 0) is 62.8 Å². The van der Waals surface area contributed by atoms with Crippen molar-refractivity contribution in [2.45, 2.75) is 58.0 Å². The van der Waals surface area contributed by atoms with Gasteiger partial charge in [-0.3, -0.25) is 0 Å². The highest BCUT2D eigenvalue weighted by molar-refractivity contribution is 6.01. The van der Waals surface area contributed by atoms with Crippen LogP contribution in [0.3, 0.4) is 0 Å². The van der Waals surface area contributed by atoms with Crippen molar-refractivity contribution in [2.24, 2.45) is 5.92 Å². The summed E-state index contributed by atoms with van der Waals surface area (Å²) in [6.07, 6.45) is 7.07. The van der Waals surface area contributed by atoms with Crippen LogP contribution in [0.1, 0.15) is 45.4 Å². The number of ether oxygens (including phenoxy) is 1. The zero-order valence-electron chi connectivity index (χ0n) is 18.7. The average Bonchev–Trinajstić information content (AvgIpc) is 3.39. The largest absolute Gasteiger partial charge is 0.494 e. The number of hydrogen-bond acceptors (Lipinski definition) is 3. The molecule has 0 bridgehead atoms. The molecule has 5 rings (SSSR count). The molecular formula is C26H32N4O2. The Morgan fingerprint density at radius 2 is 1.84 bits per heavy atom. The molecule has 0 saturated heterocycles. The van der Waals surface area contributed by atoms with Gasteiger partial charge in [0, 0.05) is 35.3 Å². The lowest BCUT2D eigenvalue weighted by Crippen LogP contribution is -2.36. The predicted octanol–water partition coefficient (Wildman–Crippen LogP) is 5.76. The number of nitrogens with two attached hydrogens (primary N) is 1. The Bertz CT molecular complexity index is 1110. The average molecular weight is 433 g/mol. The van der Waals surface area contributed by atoms with E-state index in [0.29, 0.717) is 18.6 Å². The highest BCUT2D eigenvalue weighted by Gasteiger charge is 2.26. The molecule has 32 heavy (non-hydrogen) atoms. The number of urea groups is 1. The molecule has 6 heteroatoms. The first-order valence-electron chi connectivity index (χ1n) is 11.8. The molecule has 2 aromatic carbocycles. The Morgan fingerprint density at radius 1 is 1.09 bits per heavy atom. The summed E-state index contributed by atoms with van der Waals surface area (Å²) in [5.41, 5.74) is 11.5. The van der Waals surface area contributed by atoms with Crippen LogP contribution in [0, 0.1) is 5.92 Å². The highest BCUT2D eigenvalue weighted by Crippen LogP contribution is 2.41. The van der Waals surface area contributed by atoms with Gasteiger partial charge in [0.2, 0.25) is 0 Å². The lowest BCUT2D eigenvalue weighted by atomic mass is 10.1. The molecule has 2 aliphatic rings. The second-order valence-corrected chi connectivity index (χ2v) is 9.09. The molecule has 0 aliphatic heterocycles. The maximum absolute atomic E-state index is 12.3. The molecule has 3 aromatic rings. The molecule has 0 spiro atoms. The Morgan fingerprint density at radius 3 is 2.53 bits per heavy atom. The number of aromatic nitrogens is 1. The number of fused-ring (bicyclic) bond motifs is 1. The molecule has 0 atom stereocenters. The van der Waals surface area contributed by atoms with Crippen LogP contribution in [0.25, 0.3) is 22.2 Å². The molecular weight excluding hydrogens is 400 g/mol. The van der Waals surface area contributed by atoms with Crippen LogP contribution in [0.15, 0.2) is 42.5 Å². The highest BCUT2D eigenvalue weighted by atomic mass is 16.5. The van der Waals surface area contributed by atoms with Gasteiger partial charge in [-0.25, -0.2) is 4.79 Å². The van der Waals surface area contributed by atoms with Gasteiger partial charge in [0.15, 0.2) is 0 Å². The van der Waals surface area contributed by atoms with Gasteiger partial charge >= 0.3 is 6.03 Å². The fourth-order valence-electron chi connectivity index (χ4n) is 4.81. The van der Waals surface area contributed by atoms with Gasteiger partial charge in [-0.2, -0.15) is 0 Å². The van der Waals surface area contributed by atoms with Crippen molar-refractivity contribution in [1.82, 2.24) is 9.88 Å². The van der Waals surface area contributed by atoms with E-state index >= 15 is 0 Å². The van der Waals surface area contributed by atoms with Gasteiger partial charge in [0.1, 0.15) is 5.75 Å². The van der Waals surface area contributed by atoms with E-state index in [1.165, 1.54) is 25.7 Å². The van der Waals surface area contributed by atoms with Crippen LogP contribution < -0.4 is 21.1 Å². The normalized spacial score (nSPS) is 16.4. The lowest BCUT2D eigenvalue weighted by Gasteiger charge is -2.14. The van der Waals surface area contributed by atoms with E-state index in [1.807, 2.05) is 37.3 Å². The van der Waals surface area contributed by atoms with Crippen molar-refractivity contribution in [2.75, 3.05) is 17.7 Å². The standard InChI is InChI=1S/C26H32N4O2/c1-2-32-21-13-14-22-23(15-21)30(16-17-7-8-17)25(24(22)27)18-9-11-20(12-10-18)29-26(31)28-19-5-3-4-6-19/h9-15,17,19H,2-8,16,27H2,1H3,(H2,28,29,31). The Balaban J connectivity index is 1.42. The third kappa shape index (κ3) is 4.27. The van der Waals surface area contributed by atoms with Crippen LogP contribution in [-0.2, 0) is 6.54 Å². The number of anilines is 2. The summed E-state index contributed by atoms with van der Waals surface area (Å²) in [6, 6.07) is 14.3. The number of benzene rings is 2. The van der Waals surface area contributed by atoms with Crippen molar-refractivity contribution in [3.8, 4) is 17.0 Å². The van der Waals surface area contributed by atoms with E-state index in [9.17, 15) is 4.79 Å². The molecule has 168 valence electrons. The van der Waals surface area contributed by atoms with E-state index in [2.05, 4.69) is 27.3 Å². The van der Waals surface area contributed by atoms with Gasteiger partial charge in [-0.1, -0.05) is 25.0 Å². The summed E-state index contributed by atoms with van der Waals surface area (Å²) < 4.78 is 8.09. The van der Waals surface area contributed by atoms with E-state index in [-0.39, 0.29) is 6.03 Å². The number of nitrogens with one attached hydrogen (secondary N) is 2. The minimum absolute atomic E-state index is 0.129. The third-order valence-corrected chi connectivity index (χ3v) is 6.63. The number of amides is 2. The van der Waals surface area contributed by atoms with Crippen molar-refractivity contribution >= 4 is 28.3 Å². The van der Waals surface area contributed by atoms with Crippen molar-refractivity contribution in [3.63, 3.8) is 0 Å². The van der Waals surface area contributed by atoms with Crippen LogP contribution in [0.2, 0.25) is 0 Å². The second-order valence-electron chi connectivity index (χ2n) is 9.09. The van der Waals surface area contributed by atoms with Crippen LogP contribution in [-0.4, -0.2) is 23.2 Å². The Labute approximate surface area is 189 Å². The second kappa shape index (κ2) is 8.77. The van der Waals surface area contributed by atoms with Crippen LogP contribution >= 0.6 is 0 Å². The first kappa shape index (κ1) is 20.7. The summed E-state index contributed by atoms with van der Waals surface area (Å²) in [7, 11) is 0. The Kier molecular flexibility index (Phi) is 5.68. The van der Waals surface area contributed by atoms with E-state index in [4.69, 9.17) is 10.5 Å². The summed E-state index contributed by atoms with van der Waals surface area (Å²) in [5, 5.41) is 7.09. The minimum Gasteiger partial charge on any atom is -0.494 e. The third-order valence-electron chi connectivity index (χ3n) is 6.63. The van der Waals surface area contributed by atoms with Crippen molar-refractivity contribution < 1.29 is 9.53 Å². The zero-order chi connectivity index (χ0) is 22.1. The van der Waals surface area contributed by atoms with E-state index < -0.39 is 0 Å². The van der Waals surface area contributed by atoms with Gasteiger partial charge < -0.3 is 25.7 Å². The molecule has 4 N–H and O–H groups in total. The monoisotopic (exact) mass is 432 g/mol. The number of nitrogens with zero attached hydrogens (tertiary/aromatic N) is 1. The fraction of sp³-hybridized carbons (Fsp3) is 0.423. The van der Waals surface area contributed by atoms with Crippen LogP contribution in [0.5, 0.6) is 5.75 Å². The van der Waals surface area contributed by atoms with Gasteiger partial charge in [-0.15, -0.1) is 0 Å². The smallest absolute Gasteiger partial charge is 0.319 e. The molecule has 6 nitrogen and oxygen atoms in total. The number of hydrogen-bond donors (Lipinski definition) is 3. The van der Waals surface area contributed by atoms with E-state index in [1.54, 1.807) is 0 Å². The summed E-state index contributed by atoms with van der Waals surface area (Å²) in [6.45, 7) is 3.60. The number of rotatable bonds is 7. The summed E-state index contributed by atoms with van der Waals surface area (Å²) in [4.78, 5) is 12.3. The predicted molar refractivity (Wildman–Crippen MR) is 130 cm³/mol. The van der Waals surface area contributed by atoms with Gasteiger partial charge in [0.05, 0.1) is 23.5 Å². The number of carbonyl (C=O) groups is 1. The number of nitrogen functional groups attached to an aromatic ring is 1. The summed E-state index contributed by atoms with van der Waals surface area (Å²) in [5.74, 6) is 1.58. The van der Waals surface area contributed by atoms with Crippen molar-refractivity contribution in [1.29, 1.82) is 0 Å². The van der Waals surface area contributed by atoms with E-state index in [0.717, 1.165) is 58.7 Å². The zero-order valence-corrected chi connectivity index (χ0v) is 18.7. The molecule has 2 saturated carbocycles. The fourth-order valence-corrected chi connectivity index (χ4v) is 4.81. The first-order chi connectivity index (χ1) is 15.6. The maximum Gasteiger partial charge on any atom is 0.319 e. The number of carbonyl (C=O) groups excluding carboxylic acids is 1. The molecule has 2 aliphatic carbocycles. The van der Waals surface area contributed by atoms with Gasteiger partial charge in [0.25, 0.3) is 0 Å². The molecule has 0 radical (unpaired) electrons. The quantitative estimate of drug-likeness (QED) is 0.444. The van der Waals surface area contributed by atoms with Crippen LogP contribution in [0.4, 0.5) is 16.2 Å². The molecule has 1 heterocycles. The first-order valence-corrected chi connectivity index (χ1v) is 11.8. The molecule has 2 amide bonds. The maximum atomic E-state index is 12.3. The lowest BCUT2D eigenvalue weighted by molar-refractivity contribution is 0.248. The Hall–Kier alpha value is -3.15. The summed E-state index contributed by atoms with van der Waals surface area (Å²) >= 11 is 0. The minimum atomic E-state index is -0.129. The SMILES string of the molecule is CCOc1ccc2c(N)c(-c3ccc(NC(=O)NC4CCCC4)cc3)n(CC3CC3)c2c1. The molecule has 2 fully saturated rings. The molecule has 1 aromatic heterocycles. The van der Waals surface area contributed by atoms with Crippen molar-refractivity contribution in [3.05, 3.63) is 42.5 Å². The topological polar surface area (TPSA) is 81.3 Å².